The number of hydrogen-bond donors (Lipinski definition) is 0. The Labute approximate surface area is 135 Å². The molecule has 0 aliphatic heterocycles. The van der Waals surface area contributed by atoms with E-state index in [2.05, 4.69) is 51.0 Å². The Hall–Kier alpha value is -0.0800. The van der Waals surface area contributed by atoms with Gasteiger partial charge in [0.05, 0.1) is 0 Å². The molecule has 0 rings (SSSR count). The molecule has 0 amide bonds. The maximum absolute atomic E-state index is 2.68. The standard InChI is InChI=1S/C19H41N2/c1-6-10-14-20(15-11-7-2)18-19(5)21(16-12-8-3)17-13-9-4/h18-19H,6-17H2,1-5H3. The molecule has 1 unspecified atom stereocenters. The Kier molecular flexibility index (Phi) is 14.8. The van der Waals surface area contributed by atoms with Crippen molar-refractivity contribution in [3.05, 3.63) is 6.54 Å². The molecule has 127 valence electrons. The molecule has 0 heterocycles. The van der Waals surface area contributed by atoms with Crippen molar-refractivity contribution < 1.29 is 0 Å². The fourth-order valence-corrected chi connectivity index (χ4v) is 2.62. The lowest BCUT2D eigenvalue weighted by Crippen LogP contribution is -2.40. The Morgan fingerprint density at radius 3 is 1.43 bits per heavy atom. The Bertz CT molecular complexity index is 190. The summed E-state index contributed by atoms with van der Waals surface area (Å²) < 4.78 is 0. The van der Waals surface area contributed by atoms with E-state index in [0.717, 1.165) is 0 Å². The van der Waals surface area contributed by atoms with Crippen molar-refractivity contribution in [3.63, 3.8) is 0 Å². The first-order valence-corrected chi connectivity index (χ1v) is 9.52. The van der Waals surface area contributed by atoms with Crippen molar-refractivity contribution in [3.8, 4) is 0 Å². The Morgan fingerprint density at radius 1 is 0.667 bits per heavy atom. The van der Waals surface area contributed by atoms with Crippen LogP contribution in [0.2, 0.25) is 0 Å². The van der Waals surface area contributed by atoms with Gasteiger partial charge in [-0.3, -0.25) is 9.80 Å². The molecule has 0 aliphatic rings. The van der Waals surface area contributed by atoms with Crippen molar-refractivity contribution in [2.24, 2.45) is 0 Å². The minimum Gasteiger partial charge on any atom is -0.299 e. The van der Waals surface area contributed by atoms with Gasteiger partial charge in [-0.25, -0.2) is 0 Å². The normalized spacial score (nSPS) is 13.3. The lowest BCUT2D eigenvalue weighted by Gasteiger charge is -2.33. The second-order valence-electron chi connectivity index (χ2n) is 6.38. The molecule has 2 heteroatoms. The highest BCUT2D eigenvalue weighted by molar-refractivity contribution is 4.82. The topological polar surface area (TPSA) is 6.48 Å². The third kappa shape index (κ3) is 11.2. The minimum absolute atomic E-state index is 0.580. The van der Waals surface area contributed by atoms with Crippen LogP contribution in [-0.2, 0) is 0 Å². The molecule has 0 aromatic heterocycles. The second-order valence-corrected chi connectivity index (χ2v) is 6.38. The highest BCUT2D eigenvalue weighted by atomic mass is 15.2. The van der Waals surface area contributed by atoms with Crippen LogP contribution in [0.25, 0.3) is 0 Å². The lowest BCUT2D eigenvalue weighted by molar-refractivity contribution is 0.178. The van der Waals surface area contributed by atoms with Crippen molar-refractivity contribution in [1.29, 1.82) is 0 Å². The first-order valence-electron chi connectivity index (χ1n) is 9.52. The number of unbranched alkanes of at least 4 members (excludes halogenated alkanes) is 4. The van der Waals surface area contributed by atoms with Gasteiger partial charge in [-0.2, -0.15) is 0 Å². The van der Waals surface area contributed by atoms with Crippen LogP contribution in [0.3, 0.4) is 0 Å². The quantitative estimate of drug-likeness (QED) is 0.402. The average Bonchev–Trinajstić information content (AvgIpc) is 2.49. The summed E-state index contributed by atoms with van der Waals surface area (Å²) in [6, 6.07) is 0.580. The van der Waals surface area contributed by atoms with Crippen LogP contribution in [0, 0.1) is 6.54 Å². The summed E-state index contributed by atoms with van der Waals surface area (Å²) in [4.78, 5) is 5.26. The van der Waals surface area contributed by atoms with Gasteiger partial charge < -0.3 is 0 Å². The maximum atomic E-state index is 2.68. The Morgan fingerprint density at radius 2 is 1.05 bits per heavy atom. The van der Waals surface area contributed by atoms with Crippen LogP contribution in [-0.4, -0.2) is 42.0 Å². The lowest BCUT2D eigenvalue weighted by atomic mass is 10.1. The van der Waals surface area contributed by atoms with Crippen LogP contribution in [0.1, 0.15) is 86.0 Å². The van der Waals surface area contributed by atoms with E-state index in [1.165, 1.54) is 77.5 Å². The van der Waals surface area contributed by atoms with E-state index >= 15 is 0 Å². The third-order valence-electron chi connectivity index (χ3n) is 4.20. The van der Waals surface area contributed by atoms with Crippen LogP contribution in [0.4, 0.5) is 0 Å². The van der Waals surface area contributed by atoms with E-state index in [0.29, 0.717) is 6.04 Å². The Balaban J connectivity index is 4.36. The highest BCUT2D eigenvalue weighted by Crippen LogP contribution is 2.12. The first-order chi connectivity index (χ1) is 10.2. The van der Waals surface area contributed by atoms with E-state index < -0.39 is 0 Å². The number of hydrogen-bond acceptors (Lipinski definition) is 2. The van der Waals surface area contributed by atoms with Crippen LogP contribution in [0.15, 0.2) is 0 Å². The van der Waals surface area contributed by atoms with Gasteiger partial charge >= 0.3 is 0 Å². The second kappa shape index (κ2) is 14.8. The van der Waals surface area contributed by atoms with Crippen molar-refractivity contribution in [2.45, 2.75) is 92.0 Å². The van der Waals surface area contributed by atoms with E-state index in [4.69, 9.17) is 0 Å². The van der Waals surface area contributed by atoms with E-state index in [1.807, 2.05) is 0 Å². The molecule has 0 saturated heterocycles. The predicted octanol–water partition coefficient (Wildman–Crippen LogP) is 5.34. The van der Waals surface area contributed by atoms with Gasteiger partial charge in [0.25, 0.3) is 0 Å². The molecular weight excluding hydrogens is 256 g/mol. The summed E-state index contributed by atoms with van der Waals surface area (Å²) in [5, 5.41) is 0. The van der Waals surface area contributed by atoms with Crippen molar-refractivity contribution in [2.75, 3.05) is 26.2 Å². The zero-order valence-electron chi connectivity index (χ0n) is 15.5. The predicted molar refractivity (Wildman–Crippen MR) is 96.5 cm³/mol. The first kappa shape index (κ1) is 20.9. The molecule has 0 spiro atoms. The van der Waals surface area contributed by atoms with Crippen LogP contribution in [0.5, 0.6) is 0 Å². The van der Waals surface area contributed by atoms with Gasteiger partial charge in [-0.15, -0.1) is 0 Å². The van der Waals surface area contributed by atoms with Gasteiger partial charge in [-0.1, -0.05) is 53.4 Å². The van der Waals surface area contributed by atoms with Gasteiger partial charge in [0, 0.05) is 12.6 Å². The number of nitrogens with zero attached hydrogens (tertiary/aromatic N) is 2. The van der Waals surface area contributed by atoms with Gasteiger partial charge in [0.1, 0.15) is 0 Å². The largest absolute Gasteiger partial charge is 0.299 e. The molecule has 1 atom stereocenters. The fraction of sp³-hybridized carbons (Fsp3) is 0.947. The molecule has 0 saturated carbocycles. The fourth-order valence-electron chi connectivity index (χ4n) is 2.62. The smallest absolute Gasteiger partial charge is 0.0419 e. The molecule has 2 nitrogen and oxygen atoms in total. The summed E-state index contributed by atoms with van der Waals surface area (Å²) in [5.41, 5.74) is 0. The van der Waals surface area contributed by atoms with Gasteiger partial charge in [-0.05, 0) is 58.8 Å². The molecule has 0 fully saturated rings. The molecular formula is C19H41N2. The SMILES string of the molecule is CCCCN([CH]C(C)N(CCCC)CCCC)CCCC. The zero-order chi connectivity index (χ0) is 15.9. The van der Waals surface area contributed by atoms with Gasteiger partial charge in [0.2, 0.25) is 0 Å². The van der Waals surface area contributed by atoms with E-state index in [1.54, 1.807) is 0 Å². The zero-order valence-corrected chi connectivity index (χ0v) is 15.5. The molecule has 21 heavy (non-hydrogen) atoms. The summed E-state index contributed by atoms with van der Waals surface area (Å²) in [5.74, 6) is 0. The third-order valence-corrected chi connectivity index (χ3v) is 4.20. The molecule has 0 aromatic rings. The summed E-state index contributed by atoms with van der Waals surface area (Å²) >= 11 is 0. The van der Waals surface area contributed by atoms with Crippen molar-refractivity contribution in [1.82, 2.24) is 9.80 Å². The maximum Gasteiger partial charge on any atom is 0.0419 e. The summed E-state index contributed by atoms with van der Waals surface area (Å²) in [7, 11) is 0. The van der Waals surface area contributed by atoms with Crippen molar-refractivity contribution >= 4 is 0 Å². The van der Waals surface area contributed by atoms with Crippen LogP contribution < -0.4 is 0 Å². The summed E-state index contributed by atoms with van der Waals surface area (Å²) in [6.45, 7) is 19.0. The molecule has 0 aliphatic carbocycles. The number of rotatable bonds is 15. The summed E-state index contributed by atoms with van der Waals surface area (Å²) in [6.07, 6.45) is 10.5. The average molecular weight is 298 g/mol. The van der Waals surface area contributed by atoms with E-state index in [-0.39, 0.29) is 0 Å². The molecule has 0 aromatic carbocycles. The highest BCUT2D eigenvalue weighted by Gasteiger charge is 2.16. The van der Waals surface area contributed by atoms with Gasteiger partial charge in [0.15, 0.2) is 0 Å². The van der Waals surface area contributed by atoms with E-state index in [9.17, 15) is 0 Å². The molecule has 0 bridgehead atoms. The van der Waals surface area contributed by atoms with Crippen LogP contribution >= 0.6 is 0 Å². The molecule has 0 N–H and O–H groups in total. The monoisotopic (exact) mass is 297 g/mol. The minimum atomic E-state index is 0.580. The molecule has 1 radical (unpaired) electrons.